The lowest BCUT2D eigenvalue weighted by Gasteiger charge is -2.10. The van der Waals surface area contributed by atoms with Gasteiger partial charge in [-0.15, -0.1) is 0 Å². The number of ether oxygens (including phenoxy) is 1. The van der Waals surface area contributed by atoms with Gasteiger partial charge in [-0.2, -0.15) is 0 Å². The summed E-state index contributed by atoms with van der Waals surface area (Å²) < 4.78 is 5.86. The lowest BCUT2D eigenvalue weighted by Crippen LogP contribution is -2.09. The SMILES string of the molecule is O=C(O)C(O)c1ccc(Oc2cccc3ccccc23)cc1. The van der Waals surface area contributed by atoms with Crippen molar-refractivity contribution in [2.45, 2.75) is 6.10 Å². The highest BCUT2D eigenvalue weighted by atomic mass is 16.5. The maximum atomic E-state index is 10.7. The summed E-state index contributed by atoms with van der Waals surface area (Å²) in [6.45, 7) is 0. The first-order chi connectivity index (χ1) is 10.6. The molecule has 4 heteroatoms. The van der Waals surface area contributed by atoms with Gasteiger partial charge in [0.05, 0.1) is 0 Å². The number of aliphatic hydroxyl groups excluding tert-OH is 1. The Hall–Kier alpha value is -2.85. The summed E-state index contributed by atoms with van der Waals surface area (Å²) in [5.41, 5.74) is 0.317. The Labute approximate surface area is 127 Å². The Kier molecular flexibility index (Phi) is 3.76. The van der Waals surface area contributed by atoms with Crippen LogP contribution in [0.4, 0.5) is 0 Å². The molecule has 0 heterocycles. The molecule has 0 aliphatic carbocycles. The molecule has 1 unspecified atom stereocenters. The largest absolute Gasteiger partial charge is 0.479 e. The summed E-state index contributed by atoms with van der Waals surface area (Å²) in [5, 5.41) is 20.3. The molecule has 110 valence electrons. The van der Waals surface area contributed by atoms with E-state index in [1.807, 2.05) is 42.5 Å². The molecule has 3 rings (SSSR count). The Bertz CT molecular complexity index is 803. The lowest BCUT2D eigenvalue weighted by atomic mass is 10.1. The summed E-state index contributed by atoms with van der Waals surface area (Å²) in [7, 11) is 0. The van der Waals surface area contributed by atoms with E-state index in [-0.39, 0.29) is 0 Å². The fourth-order valence-electron chi connectivity index (χ4n) is 2.27. The maximum absolute atomic E-state index is 10.7. The smallest absolute Gasteiger partial charge is 0.337 e. The lowest BCUT2D eigenvalue weighted by molar-refractivity contribution is -0.146. The third-order valence-electron chi connectivity index (χ3n) is 3.41. The van der Waals surface area contributed by atoms with Crippen molar-refractivity contribution >= 4 is 16.7 Å². The quantitative estimate of drug-likeness (QED) is 0.769. The molecule has 4 nitrogen and oxygen atoms in total. The van der Waals surface area contributed by atoms with Gasteiger partial charge in [-0.25, -0.2) is 4.79 Å². The highest BCUT2D eigenvalue weighted by Gasteiger charge is 2.15. The summed E-state index contributed by atoms with van der Waals surface area (Å²) in [5.74, 6) is 0.0325. The number of carboxylic acid groups (broad SMARTS) is 1. The monoisotopic (exact) mass is 294 g/mol. The van der Waals surface area contributed by atoms with Crippen LogP contribution in [0, 0.1) is 0 Å². The molecule has 3 aromatic rings. The van der Waals surface area contributed by atoms with Gasteiger partial charge >= 0.3 is 5.97 Å². The number of fused-ring (bicyclic) bond motifs is 1. The van der Waals surface area contributed by atoms with Crippen LogP contribution < -0.4 is 4.74 Å². The van der Waals surface area contributed by atoms with E-state index in [4.69, 9.17) is 9.84 Å². The summed E-state index contributed by atoms with van der Waals surface area (Å²) >= 11 is 0. The van der Waals surface area contributed by atoms with Gasteiger partial charge in [0.25, 0.3) is 0 Å². The maximum Gasteiger partial charge on any atom is 0.337 e. The zero-order valence-corrected chi connectivity index (χ0v) is 11.6. The van der Waals surface area contributed by atoms with Crippen molar-refractivity contribution in [3.8, 4) is 11.5 Å². The Morgan fingerprint density at radius 1 is 0.909 bits per heavy atom. The highest BCUT2D eigenvalue weighted by molar-refractivity contribution is 5.88. The Balaban J connectivity index is 1.88. The van der Waals surface area contributed by atoms with Gasteiger partial charge in [-0.1, -0.05) is 48.5 Å². The predicted molar refractivity (Wildman–Crippen MR) is 83.1 cm³/mol. The second-order valence-corrected chi connectivity index (χ2v) is 4.89. The van der Waals surface area contributed by atoms with Crippen molar-refractivity contribution in [1.82, 2.24) is 0 Å². The number of hydrogen-bond acceptors (Lipinski definition) is 3. The van der Waals surface area contributed by atoms with Crippen LogP contribution in [-0.2, 0) is 4.79 Å². The van der Waals surface area contributed by atoms with Crippen molar-refractivity contribution in [3.63, 3.8) is 0 Å². The Morgan fingerprint density at radius 3 is 2.32 bits per heavy atom. The zero-order valence-electron chi connectivity index (χ0n) is 11.6. The van der Waals surface area contributed by atoms with Crippen LogP contribution in [0.1, 0.15) is 11.7 Å². The van der Waals surface area contributed by atoms with Crippen LogP contribution in [-0.4, -0.2) is 16.2 Å². The third-order valence-corrected chi connectivity index (χ3v) is 3.41. The van der Waals surface area contributed by atoms with E-state index in [0.717, 1.165) is 16.5 Å². The van der Waals surface area contributed by atoms with E-state index < -0.39 is 12.1 Å². The number of carbonyl (C=O) groups is 1. The summed E-state index contributed by atoms with van der Waals surface area (Å²) in [4.78, 5) is 10.7. The molecule has 2 N–H and O–H groups in total. The molecule has 22 heavy (non-hydrogen) atoms. The van der Waals surface area contributed by atoms with Crippen LogP contribution >= 0.6 is 0 Å². The Morgan fingerprint density at radius 2 is 1.59 bits per heavy atom. The van der Waals surface area contributed by atoms with Crippen molar-refractivity contribution in [3.05, 3.63) is 72.3 Å². The molecule has 0 saturated carbocycles. The van der Waals surface area contributed by atoms with Crippen LogP contribution in [0.3, 0.4) is 0 Å². The first-order valence-corrected chi connectivity index (χ1v) is 6.81. The van der Waals surface area contributed by atoms with Crippen molar-refractivity contribution in [1.29, 1.82) is 0 Å². The van der Waals surface area contributed by atoms with Crippen molar-refractivity contribution < 1.29 is 19.7 Å². The molecule has 0 spiro atoms. The fraction of sp³-hybridized carbons (Fsp3) is 0.0556. The van der Waals surface area contributed by atoms with E-state index in [0.29, 0.717) is 11.3 Å². The zero-order chi connectivity index (χ0) is 15.5. The molecule has 0 bridgehead atoms. The topological polar surface area (TPSA) is 66.8 Å². The van der Waals surface area contributed by atoms with Crippen LogP contribution in [0.5, 0.6) is 11.5 Å². The van der Waals surface area contributed by atoms with E-state index in [2.05, 4.69) is 0 Å². The van der Waals surface area contributed by atoms with Gasteiger partial charge in [-0.05, 0) is 29.1 Å². The van der Waals surface area contributed by atoms with Gasteiger partial charge in [0, 0.05) is 5.39 Å². The number of carboxylic acids is 1. The van der Waals surface area contributed by atoms with E-state index in [9.17, 15) is 9.90 Å². The van der Waals surface area contributed by atoms with Crippen molar-refractivity contribution in [2.75, 3.05) is 0 Å². The van der Waals surface area contributed by atoms with Crippen LogP contribution in [0.15, 0.2) is 66.7 Å². The molecule has 0 radical (unpaired) electrons. The molecule has 3 aromatic carbocycles. The average molecular weight is 294 g/mol. The molecule has 0 fully saturated rings. The molecule has 0 aromatic heterocycles. The first kappa shape index (κ1) is 14.1. The number of aliphatic carboxylic acids is 1. The molecule has 1 atom stereocenters. The number of hydrogen-bond donors (Lipinski definition) is 2. The third kappa shape index (κ3) is 2.77. The molecule has 0 aliphatic heterocycles. The summed E-state index contributed by atoms with van der Waals surface area (Å²) in [6.07, 6.45) is -1.52. The van der Waals surface area contributed by atoms with Crippen LogP contribution in [0.25, 0.3) is 10.8 Å². The van der Waals surface area contributed by atoms with Gasteiger partial charge in [0.2, 0.25) is 0 Å². The number of aliphatic hydroxyl groups is 1. The molecular weight excluding hydrogens is 280 g/mol. The first-order valence-electron chi connectivity index (χ1n) is 6.81. The molecule has 0 aliphatic rings. The van der Waals surface area contributed by atoms with E-state index in [1.54, 1.807) is 24.3 Å². The number of benzene rings is 3. The minimum atomic E-state index is -1.52. The normalized spacial score (nSPS) is 12.0. The van der Waals surface area contributed by atoms with E-state index >= 15 is 0 Å². The van der Waals surface area contributed by atoms with Crippen LogP contribution in [0.2, 0.25) is 0 Å². The molecule has 0 amide bonds. The average Bonchev–Trinajstić information content (AvgIpc) is 2.55. The van der Waals surface area contributed by atoms with E-state index in [1.165, 1.54) is 0 Å². The number of rotatable bonds is 4. The van der Waals surface area contributed by atoms with Crippen molar-refractivity contribution in [2.24, 2.45) is 0 Å². The van der Waals surface area contributed by atoms with Gasteiger partial charge in [0.1, 0.15) is 11.5 Å². The minimum absolute atomic E-state index is 0.317. The standard InChI is InChI=1S/C18H14O4/c19-17(18(20)21)13-8-10-14(11-9-13)22-16-7-3-5-12-4-1-2-6-15(12)16/h1-11,17,19H,(H,20,21). The second kappa shape index (κ2) is 5.87. The fourth-order valence-corrected chi connectivity index (χ4v) is 2.27. The predicted octanol–water partition coefficient (Wildman–Crippen LogP) is 3.75. The molecular formula is C18H14O4. The van der Waals surface area contributed by atoms with Gasteiger partial charge < -0.3 is 14.9 Å². The molecule has 0 saturated heterocycles. The van der Waals surface area contributed by atoms with Gasteiger partial charge in [0.15, 0.2) is 6.10 Å². The summed E-state index contributed by atoms with van der Waals surface area (Å²) in [6, 6.07) is 20.1. The minimum Gasteiger partial charge on any atom is -0.479 e. The van der Waals surface area contributed by atoms with Gasteiger partial charge in [-0.3, -0.25) is 0 Å². The highest BCUT2D eigenvalue weighted by Crippen LogP contribution is 2.30. The second-order valence-electron chi connectivity index (χ2n) is 4.89.